The van der Waals surface area contributed by atoms with Gasteiger partial charge in [-0.05, 0) is 54.8 Å². The van der Waals surface area contributed by atoms with Crippen LogP contribution < -0.4 is 10.1 Å². The fraction of sp³-hybridized carbons (Fsp3) is 0.414. The van der Waals surface area contributed by atoms with Crippen LogP contribution in [0, 0.1) is 0 Å². The van der Waals surface area contributed by atoms with Crippen molar-refractivity contribution in [1.29, 1.82) is 0 Å². The van der Waals surface area contributed by atoms with Crippen LogP contribution in [0.5, 0.6) is 5.75 Å². The lowest BCUT2D eigenvalue weighted by molar-refractivity contribution is -0.116. The molecule has 0 fully saturated rings. The van der Waals surface area contributed by atoms with E-state index in [0.717, 1.165) is 30.0 Å². The van der Waals surface area contributed by atoms with Gasteiger partial charge in [0.15, 0.2) is 0 Å². The van der Waals surface area contributed by atoms with Crippen molar-refractivity contribution >= 4 is 17.6 Å². The Balaban J connectivity index is 1.70. The molecule has 0 spiro atoms. The van der Waals surface area contributed by atoms with E-state index < -0.39 is 0 Å². The fourth-order valence-electron chi connectivity index (χ4n) is 3.84. The lowest BCUT2D eigenvalue weighted by atomic mass is 9.92. The monoisotopic (exact) mass is 490 g/mol. The first kappa shape index (κ1) is 27.0. The molecule has 0 aliphatic heterocycles. The van der Waals surface area contributed by atoms with Crippen LogP contribution in [0.25, 0.3) is 5.69 Å². The van der Waals surface area contributed by atoms with Crippen LogP contribution in [0.3, 0.4) is 0 Å². The summed E-state index contributed by atoms with van der Waals surface area (Å²) >= 11 is 0. The van der Waals surface area contributed by atoms with Gasteiger partial charge in [0.2, 0.25) is 5.91 Å². The minimum absolute atomic E-state index is 0.0737. The average Bonchev–Trinajstić information content (AvgIpc) is 3.28. The van der Waals surface area contributed by atoms with Crippen molar-refractivity contribution in [3.63, 3.8) is 0 Å². The largest absolute Gasteiger partial charge is 0.497 e. The van der Waals surface area contributed by atoms with E-state index >= 15 is 0 Å². The number of carbonyl (C=O) groups excluding carboxylic acids is 2. The van der Waals surface area contributed by atoms with Gasteiger partial charge in [-0.1, -0.05) is 52.7 Å². The van der Waals surface area contributed by atoms with Gasteiger partial charge in [-0.25, -0.2) is 4.68 Å². The molecular formula is C29H38N4O3. The summed E-state index contributed by atoms with van der Waals surface area (Å²) in [5, 5.41) is 7.68. The van der Waals surface area contributed by atoms with E-state index in [-0.39, 0.29) is 23.8 Å². The number of likely N-dealkylation sites (N-methyl/N-ethyl adjacent to an activating group) is 1. The quantitative estimate of drug-likeness (QED) is 0.374. The summed E-state index contributed by atoms with van der Waals surface area (Å²) in [5.74, 6) is 0.801. The minimum atomic E-state index is -0.294. The number of anilines is 1. The molecule has 3 rings (SSSR count). The number of hydrogen-bond acceptors (Lipinski definition) is 4. The van der Waals surface area contributed by atoms with E-state index in [9.17, 15) is 9.59 Å². The highest BCUT2D eigenvalue weighted by Gasteiger charge is 2.22. The van der Waals surface area contributed by atoms with E-state index in [1.54, 1.807) is 18.8 Å². The summed E-state index contributed by atoms with van der Waals surface area (Å²) in [5.41, 5.74) is 3.24. The van der Waals surface area contributed by atoms with Gasteiger partial charge >= 0.3 is 0 Å². The summed E-state index contributed by atoms with van der Waals surface area (Å²) in [6.07, 6.45) is 4.54. The highest BCUT2D eigenvalue weighted by molar-refractivity contribution is 5.99. The minimum Gasteiger partial charge on any atom is -0.497 e. The maximum Gasteiger partial charge on any atom is 0.254 e. The molecule has 7 nitrogen and oxygen atoms in total. The summed E-state index contributed by atoms with van der Waals surface area (Å²) in [4.78, 5) is 27.3. The first-order valence-corrected chi connectivity index (χ1v) is 12.5. The van der Waals surface area contributed by atoms with Gasteiger partial charge in [-0.15, -0.1) is 0 Å². The molecule has 0 unspecified atom stereocenters. The molecule has 0 atom stereocenters. The van der Waals surface area contributed by atoms with Gasteiger partial charge in [0.1, 0.15) is 11.6 Å². The standard InChI is InChI=1S/C29H38N4O3/c1-7-8-9-10-21-11-13-22(14-12-21)28(35)32(5)20-27(34)30-26-19-25(29(2,3)4)31-33(26)23-15-17-24(36-6)18-16-23/h11-19H,7-10,20H2,1-6H3,(H,30,34). The van der Waals surface area contributed by atoms with Crippen LogP contribution in [0.15, 0.2) is 54.6 Å². The number of methoxy groups -OCH3 is 1. The number of rotatable bonds is 10. The van der Waals surface area contributed by atoms with Crippen LogP contribution in [0.1, 0.15) is 68.6 Å². The van der Waals surface area contributed by atoms with E-state index in [2.05, 4.69) is 33.0 Å². The van der Waals surface area contributed by atoms with Gasteiger partial charge in [0.25, 0.3) is 5.91 Å². The van der Waals surface area contributed by atoms with E-state index in [1.807, 2.05) is 54.6 Å². The third-order valence-electron chi connectivity index (χ3n) is 6.06. The van der Waals surface area contributed by atoms with Crippen LogP contribution in [0.2, 0.25) is 0 Å². The number of aryl methyl sites for hydroxylation is 1. The molecule has 3 aromatic rings. The first-order chi connectivity index (χ1) is 17.1. The zero-order chi connectivity index (χ0) is 26.3. The molecule has 0 aliphatic carbocycles. The molecule has 36 heavy (non-hydrogen) atoms. The Hall–Kier alpha value is -3.61. The number of benzene rings is 2. The zero-order valence-electron chi connectivity index (χ0n) is 22.3. The second kappa shape index (κ2) is 11.9. The van der Waals surface area contributed by atoms with Gasteiger partial charge < -0.3 is 15.0 Å². The molecule has 2 amide bonds. The Labute approximate surface area is 214 Å². The van der Waals surface area contributed by atoms with Gasteiger partial charge in [-0.3, -0.25) is 9.59 Å². The Morgan fingerprint density at radius 2 is 1.69 bits per heavy atom. The number of carbonyl (C=O) groups is 2. The van der Waals surface area contributed by atoms with E-state index in [0.29, 0.717) is 11.4 Å². The highest BCUT2D eigenvalue weighted by atomic mass is 16.5. The third kappa shape index (κ3) is 6.97. The van der Waals surface area contributed by atoms with Crippen LogP contribution in [-0.4, -0.2) is 47.2 Å². The van der Waals surface area contributed by atoms with Gasteiger partial charge in [0, 0.05) is 24.1 Å². The Kier molecular flexibility index (Phi) is 8.91. The Morgan fingerprint density at radius 1 is 1.03 bits per heavy atom. The summed E-state index contributed by atoms with van der Waals surface area (Å²) in [6, 6.07) is 17.0. The van der Waals surface area contributed by atoms with Gasteiger partial charge in [-0.2, -0.15) is 5.10 Å². The highest BCUT2D eigenvalue weighted by Crippen LogP contribution is 2.27. The number of nitrogens with zero attached hydrogens (tertiary/aromatic N) is 3. The summed E-state index contributed by atoms with van der Waals surface area (Å²) in [6.45, 7) is 8.32. The van der Waals surface area contributed by atoms with Gasteiger partial charge in [0.05, 0.1) is 25.0 Å². The number of aromatic nitrogens is 2. The summed E-state index contributed by atoms with van der Waals surface area (Å²) < 4.78 is 6.96. The summed E-state index contributed by atoms with van der Waals surface area (Å²) in [7, 11) is 3.25. The lowest BCUT2D eigenvalue weighted by Crippen LogP contribution is -2.35. The SMILES string of the molecule is CCCCCc1ccc(C(=O)N(C)CC(=O)Nc2cc(C(C)(C)C)nn2-c2ccc(OC)cc2)cc1. The number of ether oxygens (including phenoxy) is 1. The molecular weight excluding hydrogens is 452 g/mol. The topological polar surface area (TPSA) is 76.5 Å². The van der Waals surface area contributed by atoms with Crippen molar-refractivity contribution in [2.75, 3.05) is 26.0 Å². The van der Waals surface area contributed by atoms with Crippen LogP contribution in [-0.2, 0) is 16.6 Å². The molecule has 0 saturated heterocycles. The molecule has 1 aromatic heterocycles. The van der Waals surface area contributed by atoms with Crippen molar-refractivity contribution in [2.45, 2.75) is 58.8 Å². The normalized spacial score (nSPS) is 11.3. The van der Waals surface area contributed by atoms with Crippen molar-refractivity contribution in [3.05, 3.63) is 71.4 Å². The molecule has 0 saturated carbocycles. The molecule has 1 N–H and O–H groups in total. The maximum absolute atomic E-state index is 12.9. The predicted octanol–water partition coefficient (Wildman–Crippen LogP) is 5.62. The Bertz CT molecular complexity index is 1160. The number of nitrogens with one attached hydrogen (secondary N) is 1. The second-order valence-electron chi connectivity index (χ2n) is 10.1. The number of hydrogen-bond donors (Lipinski definition) is 1. The number of unbranched alkanes of at least 4 members (excludes halogenated alkanes) is 2. The molecule has 7 heteroatoms. The Morgan fingerprint density at radius 3 is 2.28 bits per heavy atom. The molecule has 192 valence electrons. The smallest absolute Gasteiger partial charge is 0.254 e. The third-order valence-corrected chi connectivity index (χ3v) is 6.06. The molecule has 0 aliphatic rings. The van der Waals surface area contributed by atoms with Crippen molar-refractivity contribution < 1.29 is 14.3 Å². The maximum atomic E-state index is 12.9. The van der Waals surface area contributed by atoms with Crippen molar-refractivity contribution in [3.8, 4) is 11.4 Å². The predicted molar refractivity (Wildman–Crippen MR) is 144 cm³/mol. The molecule has 2 aromatic carbocycles. The van der Waals surface area contributed by atoms with E-state index in [4.69, 9.17) is 9.84 Å². The molecule has 1 heterocycles. The van der Waals surface area contributed by atoms with Crippen LogP contribution in [0.4, 0.5) is 5.82 Å². The fourth-order valence-corrected chi connectivity index (χ4v) is 3.84. The number of amides is 2. The van der Waals surface area contributed by atoms with E-state index in [1.165, 1.54) is 23.3 Å². The second-order valence-corrected chi connectivity index (χ2v) is 10.1. The molecule has 0 bridgehead atoms. The van der Waals surface area contributed by atoms with Crippen LogP contribution >= 0.6 is 0 Å². The zero-order valence-corrected chi connectivity index (χ0v) is 22.3. The first-order valence-electron chi connectivity index (χ1n) is 12.5. The lowest BCUT2D eigenvalue weighted by Gasteiger charge is -2.17. The van der Waals surface area contributed by atoms with Crippen molar-refractivity contribution in [2.24, 2.45) is 0 Å². The van der Waals surface area contributed by atoms with Crippen molar-refractivity contribution in [1.82, 2.24) is 14.7 Å². The average molecular weight is 491 g/mol. The molecule has 0 radical (unpaired) electrons.